The highest BCUT2D eigenvalue weighted by Crippen LogP contribution is 2.22. The first-order valence-electron chi connectivity index (χ1n) is 8.22. The fraction of sp³-hybridized carbons (Fsp3) is 0.316. The average molecular weight is 378 g/mol. The normalized spacial score (nSPS) is 18.8. The number of carbonyl (C=O) groups is 1. The van der Waals surface area contributed by atoms with E-state index < -0.39 is 9.84 Å². The van der Waals surface area contributed by atoms with E-state index >= 15 is 0 Å². The Morgan fingerprint density at radius 1 is 1.08 bits per heavy atom. The SMILES string of the molecule is O=C(c1ccc(Cl)cc1)N(Cc1ccccc1)CC1CCS(=O)(=O)C1. The first-order valence-corrected chi connectivity index (χ1v) is 10.4. The van der Waals surface area contributed by atoms with Crippen molar-refractivity contribution in [2.45, 2.75) is 13.0 Å². The summed E-state index contributed by atoms with van der Waals surface area (Å²) in [5, 5.41) is 0.577. The number of hydrogen-bond acceptors (Lipinski definition) is 3. The van der Waals surface area contributed by atoms with Crippen molar-refractivity contribution in [3.63, 3.8) is 0 Å². The van der Waals surface area contributed by atoms with Crippen LogP contribution in [-0.4, -0.2) is 37.3 Å². The van der Waals surface area contributed by atoms with Gasteiger partial charge in [0.1, 0.15) is 0 Å². The summed E-state index contributed by atoms with van der Waals surface area (Å²) < 4.78 is 23.5. The molecule has 1 aliphatic rings. The topological polar surface area (TPSA) is 54.5 Å². The summed E-state index contributed by atoms with van der Waals surface area (Å²) in [5.41, 5.74) is 1.58. The molecule has 0 spiro atoms. The Labute approximate surface area is 153 Å². The van der Waals surface area contributed by atoms with Gasteiger partial charge in [-0.25, -0.2) is 8.42 Å². The van der Waals surface area contributed by atoms with Gasteiger partial charge in [-0.05, 0) is 42.2 Å². The maximum Gasteiger partial charge on any atom is 0.254 e. The Bertz CT molecular complexity index is 835. The summed E-state index contributed by atoms with van der Waals surface area (Å²) >= 11 is 5.90. The predicted octanol–water partition coefficient (Wildman–Crippen LogP) is 3.42. The van der Waals surface area contributed by atoms with Gasteiger partial charge in [-0.15, -0.1) is 0 Å². The van der Waals surface area contributed by atoms with Gasteiger partial charge in [0.15, 0.2) is 9.84 Å². The van der Waals surface area contributed by atoms with Gasteiger partial charge < -0.3 is 4.90 Å². The van der Waals surface area contributed by atoms with Crippen molar-refractivity contribution in [2.24, 2.45) is 5.92 Å². The summed E-state index contributed by atoms with van der Waals surface area (Å²) in [5.74, 6) is 0.257. The molecule has 0 saturated carbocycles. The Hall–Kier alpha value is -1.85. The molecule has 1 saturated heterocycles. The highest BCUT2D eigenvalue weighted by atomic mass is 35.5. The number of hydrogen-bond donors (Lipinski definition) is 0. The summed E-state index contributed by atoms with van der Waals surface area (Å²) in [7, 11) is -2.97. The summed E-state index contributed by atoms with van der Waals surface area (Å²) in [6.45, 7) is 0.897. The van der Waals surface area contributed by atoms with Crippen LogP contribution >= 0.6 is 11.6 Å². The van der Waals surface area contributed by atoms with E-state index in [0.717, 1.165) is 5.56 Å². The van der Waals surface area contributed by atoms with Crippen molar-refractivity contribution in [1.29, 1.82) is 0 Å². The lowest BCUT2D eigenvalue weighted by Crippen LogP contribution is -2.35. The molecule has 4 nitrogen and oxygen atoms in total. The zero-order valence-electron chi connectivity index (χ0n) is 13.8. The van der Waals surface area contributed by atoms with Crippen LogP contribution in [0, 0.1) is 5.92 Å². The summed E-state index contributed by atoms with van der Waals surface area (Å²) in [4.78, 5) is 14.7. The van der Waals surface area contributed by atoms with E-state index in [-0.39, 0.29) is 23.3 Å². The van der Waals surface area contributed by atoms with Crippen LogP contribution in [0.3, 0.4) is 0 Å². The second-order valence-corrected chi connectivity index (χ2v) is 9.11. The highest BCUT2D eigenvalue weighted by molar-refractivity contribution is 7.91. The number of halogens is 1. The van der Waals surface area contributed by atoms with Gasteiger partial charge in [0.05, 0.1) is 11.5 Å². The number of rotatable bonds is 5. The van der Waals surface area contributed by atoms with E-state index in [1.165, 1.54) is 0 Å². The smallest absolute Gasteiger partial charge is 0.254 e. The minimum atomic E-state index is -2.97. The van der Waals surface area contributed by atoms with Crippen molar-refractivity contribution >= 4 is 27.3 Å². The van der Waals surface area contributed by atoms with Crippen LogP contribution in [0.25, 0.3) is 0 Å². The molecule has 0 bridgehead atoms. The summed E-state index contributed by atoms with van der Waals surface area (Å²) in [6, 6.07) is 16.5. The first kappa shape index (κ1) is 18.0. The van der Waals surface area contributed by atoms with Gasteiger partial charge in [0, 0.05) is 23.7 Å². The van der Waals surface area contributed by atoms with Gasteiger partial charge in [0.25, 0.3) is 5.91 Å². The van der Waals surface area contributed by atoms with E-state index in [1.807, 2.05) is 30.3 Å². The van der Waals surface area contributed by atoms with E-state index in [1.54, 1.807) is 29.2 Å². The Morgan fingerprint density at radius 3 is 2.36 bits per heavy atom. The zero-order valence-corrected chi connectivity index (χ0v) is 15.3. The third kappa shape index (κ3) is 4.83. The zero-order chi connectivity index (χ0) is 17.9. The van der Waals surface area contributed by atoms with Crippen LogP contribution in [0.1, 0.15) is 22.3 Å². The molecule has 0 N–H and O–H groups in total. The molecular formula is C19H20ClNO3S. The highest BCUT2D eigenvalue weighted by Gasteiger charge is 2.30. The molecule has 3 rings (SSSR count). The Kier molecular flexibility index (Phi) is 5.45. The number of amides is 1. The monoisotopic (exact) mass is 377 g/mol. The number of carbonyl (C=O) groups excluding carboxylic acids is 1. The molecule has 1 heterocycles. The van der Waals surface area contributed by atoms with Crippen LogP contribution in [0.4, 0.5) is 0 Å². The molecule has 1 fully saturated rings. The van der Waals surface area contributed by atoms with Crippen molar-refractivity contribution in [1.82, 2.24) is 4.90 Å². The van der Waals surface area contributed by atoms with Crippen molar-refractivity contribution < 1.29 is 13.2 Å². The molecular weight excluding hydrogens is 358 g/mol. The fourth-order valence-corrected chi connectivity index (χ4v) is 5.10. The van der Waals surface area contributed by atoms with Gasteiger partial charge in [-0.1, -0.05) is 41.9 Å². The number of nitrogens with zero attached hydrogens (tertiary/aromatic N) is 1. The maximum absolute atomic E-state index is 12.9. The van der Waals surface area contributed by atoms with E-state index in [4.69, 9.17) is 11.6 Å². The molecule has 1 atom stereocenters. The molecule has 132 valence electrons. The van der Waals surface area contributed by atoms with Crippen LogP contribution in [0.2, 0.25) is 5.02 Å². The molecule has 6 heteroatoms. The van der Waals surface area contributed by atoms with Crippen molar-refractivity contribution in [3.8, 4) is 0 Å². The van der Waals surface area contributed by atoms with Gasteiger partial charge in [0.2, 0.25) is 0 Å². The van der Waals surface area contributed by atoms with Gasteiger partial charge in [-0.2, -0.15) is 0 Å². The molecule has 2 aromatic rings. The standard InChI is InChI=1S/C19H20ClNO3S/c20-18-8-6-17(7-9-18)19(22)21(12-15-4-2-1-3-5-15)13-16-10-11-25(23,24)14-16/h1-9,16H,10-14H2. The molecule has 1 amide bonds. The molecule has 0 aliphatic carbocycles. The van der Waals surface area contributed by atoms with Gasteiger partial charge in [-0.3, -0.25) is 4.79 Å². The molecule has 2 aromatic carbocycles. The third-order valence-corrected chi connectivity index (χ3v) is 6.49. The lowest BCUT2D eigenvalue weighted by molar-refractivity contribution is 0.0720. The Balaban J connectivity index is 1.80. The molecule has 1 unspecified atom stereocenters. The minimum absolute atomic E-state index is 0.00929. The van der Waals surface area contributed by atoms with Crippen LogP contribution < -0.4 is 0 Å². The van der Waals surface area contributed by atoms with Crippen LogP contribution in [0.15, 0.2) is 54.6 Å². The first-order chi connectivity index (χ1) is 11.9. The number of benzene rings is 2. The van der Waals surface area contributed by atoms with E-state index in [2.05, 4.69) is 0 Å². The maximum atomic E-state index is 12.9. The predicted molar refractivity (Wildman–Crippen MR) is 99.4 cm³/mol. The molecule has 0 aromatic heterocycles. The number of sulfone groups is 1. The fourth-order valence-electron chi connectivity index (χ4n) is 3.13. The molecule has 1 aliphatic heterocycles. The van der Waals surface area contributed by atoms with Crippen LogP contribution in [0.5, 0.6) is 0 Å². The van der Waals surface area contributed by atoms with Crippen molar-refractivity contribution in [2.75, 3.05) is 18.1 Å². The van der Waals surface area contributed by atoms with Gasteiger partial charge >= 0.3 is 0 Å². The van der Waals surface area contributed by atoms with E-state index in [0.29, 0.717) is 30.1 Å². The van der Waals surface area contributed by atoms with Crippen molar-refractivity contribution in [3.05, 3.63) is 70.7 Å². The van der Waals surface area contributed by atoms with Crippen LogP contribution in [-0.2, 0) is 16.4 Å². The quantitative estimate of drug-likeness (QED) is 0.802. The second kappa shape index (κ2) is 7.58. The Morgan fingerprint density at radius 2 is 1.76 bits per heavy atom. The molecule has 0 radical (unpaired) electrons. The third-order valence-electron chi connectivity index (χ3n) is 4.40. The second-order valence-electron chi connectivity index (χ2n) is 6.45. The molecule has 25 heavy (non-hydrogen) atoms. The lowest BCUT2D eigenvalue weighted by Gasteiger charge is -2.25. The average Bonchev–Trinajstić information content (AvgIpc) is 2.94. The minimum Gasteiger partial charge on any atom is -0.334 e. The lowest BCUT2D eigenvalue weighted by atomic mass is 10.1. The largest absolute Gasteiger partial charge is 0.334 e. The van der Waals surface area contributed by atoms with E-state index in [9.17, 15) is 13.2 Å². The summed E-state index contributed by atoms with van der Waals surface area (Å²) in [6.07, 6.45) is 0.613.